The highest BCUT2D eigenvalue weighted by Gasteiger charge is 2.25. The summed E-state index contributed by atoms with van der Waals surface area (Å²) in [5, 5.41) is 12.4. The second-order valence-electron chi connectivity index (χ2n) is 4.95. The maximum Gasteiger partial charge on any atom is 0.224 e. The van der Waals surface area contributed by atoms with Crippen molar-refractivity contribution in [1.82, 2.24) is 5.32 Å². The number of hydrogen-bond donors (Lipinski definition) is 2. The number of halogens is 1. The molecule has 1 rings (SSSR count). The van der Waals surface area contributed by atoms with Crippen LogP contribution in [0.15, 0.2) is 28.7 Å². The molecule has 0 saturated heterocycles. The number of rotatable bonds is 7. The van der Waals surface area contributed by atoms with E-state index in [2.05, 4.69) is 21.2 Å². The van der Waals surface area contributed by atoms with Crippen LogP contribution in [0, 0.1) is 5.41 Å². The molecule has 106 valence electrons. The minimum atomic E-state index is -0.185. The summed E-state index contributed by atoms with van der Waals surface area (Å²) in [4.78, 5) is 11.9. The maximum absolute atomic E-state index is 11.9. The first-order chi connectivity index (χ1) is 9.05. The molecule has 1 aromatic rings. The zero-order chi connectivity index (χ0) is 14.3. The van der Waals surface area contributed by atoms with E-state index in [1.807, 2.05) is 38.1 Å². The van der Waals surface area contributed by atoms with Gasteiger partial charge in [-0.25, -0.2) is 0 Å². The van der Waals surface area contributed by atoms with Crippen LogP contribution in [0.3, 0.4) is 0 Å². The third-order valence-electron chi connectivity index (χ3n) is 3.77. The molecule has 0 heterocycles. The molecule has 0 aliphatic carbocycles. The van der Waals surface area contributed by atoms with Crippen molar-refractivity contribution in [3.05, 3.63) is 34.3 Å². The first kappa shape index (κ1) is 16.2. The highest BCUT2D eigenvalue weighted by molar-refractivity contribution is 9.10. The Morgan fingerprint density at radius 1 is 1.26 bits per heavy atom. The van der Waals surface area contributed by atoms with Gasteiger partial charge >= 0.3 is 0 Å². The van der Waals surface area contributed by atoms with Gasteiger partial charge in [0.05, 0.1) is 13.0 Å². The number of carbonyl (C=O) groups excluding carboxylic acids is 1. The van der Waals surface area contributed by atoms with Gasteiger partial charge in [-0.05, 0) is 30.5 Å². The Morgan fingerprint density at radius 3 is 2.32 bits per heavy atom. The molecule has 0 atom stereocenters. The van der Waals surface area contributed by atoms with Crippen LogP contribution in [0.1, 0.15) is 32.3 Å². The molecule has 0 bridgehead atoms. The van der Waals surface area contributed by atoms with Gasteiger partial charge in [0.2, 0.25) is 5.91 Å². The van der Waals surface area contributed by atoms with Crippen LogP contribution < -0.4 is 5.32 Å². The Bertz CT molecular complexity index is 391. The van der Waals surface area contributed by atoms with Gasteiger partial charge in [0, 0.05) is 16.4 Å². The zero-order valence-electron chi connectivity index (χ0n) is 11.6. The second-order valence-corrected chi connectivity index (χ2v) is 5.86. The van der Waals surface area contributed by atoms with E-state index >= 15 is 0 Å². The molecular formula is C15H22BrNO2. The van der Waals surface area contributed by atoms with Crippen molar-refractivity contribution < 1.29 is 9.90 Å². The van der Waals surface area contributed by atoms with Crippen LogP contribution in [-0.2, 0) is 11.2 Å². The van der Waals surface area contributed by atoms with Crippen LogP contribution in [0.25, 0.3) is 0 Å². The standard InChI is InChI=1S/C15H22BrNO2/c1-3-15(4-2,11-18)10-17-14(19)9-12-5-7-13(16)8-6-12/h5-8,18H,3-4,9-11H2,1-2H3,(H,17,19). The molecule has 4 heteroatoms. The number of carbonyl (C=O) groups is 1. The predicted octanol–water partition coefficient (Wildman–Crippen LogP) is 2.91. The van der Waals surface area contributed by atoms with Crippen molar-refractivity contribution in [1.29, 1.82) is 0 Å². The predicted molar refractivity (Wildman–Crippen MR) is 81.0 cm³/mol. The van der Waals surface area contributed by atoms with Crippen molar-refractivity contribution >= 4 is 21.8 Å². The molecule has 0 aromatic heterocycles. The fraction of sp³-hybridized carbons (Fsp3) is 0.533. The molecule has 0 unspecified atom stereocenters. The van der Waals surface area contributed by atoms with E-state index < -0.39 is 0 Å². The van der Waals surface area contributed by atoms with Crippen LogP contribution in [0.2, 0.25) is 0 Å². The van der Waals surface area contributed by atoms with E-state index in [1.54, 1.807) is 0 Å². The van der Waals surface area contributed by atoms with Crippen LogP contribution in [-0.4, -0.2) is 24.2 Å². The van der Waals surface area contributed by atoms with E-state index in [0.29, 0.717) is 13.0 Å². The Kier molecular flexibility index (Phi) is 6.52. The molecule has 0 aliphatic heterocycles. The molecule has 3 nitrogen and oxygen atoms in total. The Balaban J connectivity index is 2.49. The minimum absolute atomic E-state index is 0.00190. The normalized spacial score (nSPS) is 11.4. The summed E-state index contributed by atoms with van der Waals surface area (Å²) in [6.07, 6.45) is 2.10. The van der Waals surface area contributed by atoms with Gasteiger partial charge < -0.3 is 10.4 Å². The molecule has 2 N–H and O–H groups in total. The number of benzene rings is 1. The molecule has 0 aliphatic rings. The van der Waals surface area contributed by atoms with Gasteiger partial charge in [-0.2, -0.15) is 0 Å². The average Bonchev–Trinajstić information content (AvgIpc) is 2.44. The van der Waals surface area contributed by atoms with Crippen LogP contribution in [0.4, 0.5) is 0 Å². The Hall–Kier alpha value is -0.870. The summed E-state index contributed by atoms with van der Waals surface area (Å²) in [6, 6.07) is 7.72. The molecular weight excluding hydrogens is 306 g/mol. The smallest absolute Gasteiger partial charge is 0.224 e. The quantitative estimate of drug-likeness (QED) is 0.809. The van der Waals surface area contributed by atoms with Gasteiger partial charge in [0.1, 0.15) is 0 Å². The number of amides is 1. The number of hydrogen-bond acceptors (Lipinski definition) is 2. The largest absolute Gasteiger partial charge is 0.396 e. The molecule has 0 fully saturated rings. The molecule has 1 amide bonds. The van der Waals surface area contributed by atoms with Gasteiger partial charge in [0.15, 0.2) is 0 Å². The highest BCUT2D eigenvalue weighted by atomic mass is 79.9. The van der Waals surface area contributed by atoms with Crippen molar-refractivity contribution in [3.8, 4) is 0 Å². The fourth-order valence-electron chi connectivity index (χ4n) is 1.92. The topological polar surface area (TPSA) is 49.3 Å². The third kappa shape index (κ3) is 4.96. The maximum atomic E-state index is 11.9. The van der Waals surface area contributed by atoms with Crippen molar-refractivity contribution in [2.24, 2.45) is 5.41 Å². The van der Waals surface area contributed by atoms with Crippen LogP contribution >= 0.6 is 15.9 Å². The monoisotopic (exact) mass is 327 g/mol. The van der Waals surface area contributed by atoms with E-state index in [-0.39, 0.29) is 17.9 Å². The van der Waals surface area contributed by atoms with Crippen molar-refractivity contribution in [3.63, 3.8) is 0 Å². The van der Waals surface area contributed by atoms with Gasteiger partial charge in [-0.3, -0.25) is 4.79 Å². The van der Waals surface area contributed by atoms with Gasteiger partial charge in [-0.1, -0.05) is 41.9 Å². The fourth-order valence-corrected chi connectivity index (χ4v) is 2.18. The third-order valence-corrected chi connectivity index (χ3v) is 4.30. The van der Waals surface area contributed by atoms with Crippen molar-refractivity contribution in [2.45, 2.75) is 33.1 Å². The van der Waals surface area contributed by atoms with E-state index in [4.69, 9.17) is 0 Å². The van der Waals surface area contributed by atoms with E-state index in [9.17, 15) is 9.90 Å². The molecule has 19 heavy (non-hydrogen) atoms. The summed E-state index contributed by atoms with van der Waals surface area (Å²) >= 11 is 3.37. The number of aliphatic hydroxyl groups is 1. The molecule has 0 radical (unpaired) electrons. The Labute approximate surface area is 123 Å². The van der Waals surface area contributed by atoms with Gasteiger partial charge in [0.25, 0.3) is 0 Å². The lowest BCUT2D eigenvalue weighted by atomic mass is 9.83. The molecule has 0 saturated carbocycles. The Morgan fingerprint density at radius 2 is 1.84 bits per heavy atom. The van der Waals surface area contributed by atoms with E-state index in [1.165, 1.54) is 0 Å². The summed E-state index contributed by atoms with van der Waals surface area (Å²) in [6.45, 7) is 4.73. The van der Waals surface area contributed by atoms with E-state index in [0.717, 1.165) is 22.9 Å². The average molecular weight is 328 g/mol. The zero-order valence-corrected chi connectivity index (χ0v) is 13.2. The second kappa shape index (κ2) is 7.65. The summed E-state index contributed by atoms with van der Waals surface area (Å²) in [5.41, 5.74) is 0.804. The first-order valence-electron chi connectivity index (χ1n) is 6.67. The number of nitrogens with one attached hydrogen (secondary N) is 1. The lowest BCUT2D eigenvalue weighted by Crippen LogP contribution is -2.39. The molecule has 1 aromatic carbocycles. The lowest BCUT2D eigenvalue weighted by Gasteiger charge is -2.29. The summed E-state index contributed by atoms with van der Waals surface area (Å²) in [5.74, 6) is 0.00190. The lowest BCUT2D eigenvalue weighted by molar-refractivity contribution is -0.121. The van der Waals surface area contributed by atoms with Gasteiger partial charge in [-0.15, -0.1) is 0 Å². The first-order valence-corrected chi connectivity index (χ1v) is 7.46. The minimum Gasteiger partial charge on any atom is -0.396 e. The SMILES string of the molecule is CCC(CC)(CO)CNC(=O)Cc1ccc(Br)cc1. The van der Waals surface area contributed by atoms with Crippen LogP contribution in [0.5, 0.6) is 0 Å². The summed E-state index contributed by atoms with van der Waals surface area (Å²) < 4.78 is 1.01. The van der Waals surface area contributed by atoms with Crippen molar-refractivity contribution in [2.75, 3.05) is 13.2 Å². The number of aliphatic hydroxyl groups excluding tert-OH is 1. The summed E-state index contributed by atoms with van der Waals surface area (Å²) in [7, 11) is 0. The molecule has 0 spiro atoms. The highest BCUT2D eigenvalue weighted by Crippen LogP contribution is 2.24.